The molecule has 1 nitrogen and oxygen atoms in total. The Labute approximate surface area is 56.2 Å². The molecule has 0 spiro atoms. The molecule has 1 aliphatic carbocycles. The van der Waals surface area contributed by atoms with Crippen molar-refractivity contribution in [2.24, 2.45) is 5.73 Å². The van der Waals surface area contributed by atoms with Gasteiger partial charge in [0.25, 0.3) is 0 Å². The van der Waals surface area contributed by atoms with E-state index >= 15 is 0 Å². The summed E-state index contributed by atoms with van der Waals surface area (Å²) in [5.74, 6) is 0. The van der Waals surface area contributed by atoms with Crippen LogP contribution in [-0.2, 0) is 0 Å². The summed E-state index contributed by atoms with van der Waals surface area (Å²) >= 11 is 0. The third-order valence-corrected chi connectivity index (χ3v) is 1.63. The lowest BCUT2D eigenvalue weighted by atomic mass is 10.0. The summed E-state index contributed by atoms with van der Waals surface area (Å²) in [6.07, 6.45) is 6.77. The van der Waals surface area contributed by atoms with E-state index in [1.807, 2.05) is 0 Å². The fraction of sp³-hybridized carbons (Fsp3) is 0.500. The molecule has 0 aliphatic heterocycles. The summed E-state index contributed by atoms with van der Waals surface area (Å²) in [7, 11) is 0. The van der Waals surface area contributed by atoms with E-state index < -0.39 is 0 Å². The third kappa shape index (κ3) is 1.68. The summed E-state index contributed by atoms with van der Waals surface area (Å²) in [5, 5.41) is 0. The van der Waals surface area contributed by atoms with Crippen molar-refractivity contribution in [1.82, 2.24) is 0 Å². The van der Waals surface area contributed by atoms with Gasteiger partial charge in [0.2, 0.25) is 0 Å². The maximum absolute atomic E-state index is 5.47. The zero-order valence-electron chi connectivity index (χ0n) is 5.85. The van der Waals surface area contributed by atoms with Crippen molar-refractivity contribution in [2.75, 3.05) is 6.54 Å². The Morgan fingerprint density at radius 2 is 2.44 bits per heavy atom. The molecular weight excluding hydrogens is 110 g/mol. The smallest absolute Gasteiger partial charge is 0.0140 e. The van der Waals surface area contributed by atoms with Crippen molar-refractivity contribution >= 4 is 0 Å². The molecule has 0 aromatic heterocycles. The van der Waals surface area contributed by atoms with Gasteiger partial charge in [0.05, 0.1) is 0 Å². The molecule has 1 heteroatoms. The molecule has 0 radical (unpaired) electrons. The van der Waals surface area contributed by atoms with Gasteiger partial charge in [-0.15, -0.1) is 0 Å². The Hall–Kier alpha value is -0.560. The summed E-state index contributed by atoms with van der Waals surface area (Å²) in [5.41, 5.74) is 8.22. The topological polar surface area (TPSA) is 26.0 Å². The van der Waals surface area contributed by atoms with Crippen molar-refractivity contribution < 1.29 is 0 Å². The van der Waals surface area contributed by atoms with Crippen LogP contribution in [0.15, 0.2) is 23.3 Å². The molecule has 0 amide bonds. The highest BCUT2D eigenvalue weighted by molar-refractivity contribution is 5.26. The van der Waals surface area contributed by atoms with Crippen LogP contribution in [0.5, 0.6) is 0 Å². The largest absolute Gasteiger partial charge is 0.327 e. The van der Waals surface area contributed by atoms with E-state index in [4.69, 9.17) is 5.73 Å². The van der Waals surface area contributed by atoms with Crippen LogP contribution in [0.3, 0.4) is 0 Å². The fourth-order valence-electron chi connectivity index (χ4n) is 1.10. The molecule has 0 fully saturated rings. The molecule has 0 saturated carbocycles. The first-order valence-electron chi connectivity index (χ1n) is 3.39. The van der Waals surface area contributed by atoms with E-state index in [1.54, 1.807) is 0 Å². The summed E-state index contributed by atoms with van der Waals surface area (Å²) < 4.78 is 0. The molecule has 0 bridgehead atoms. The van der Waals surface area contributed by atoms with Crippen LogP contribution in [0.4, 0.5) is 0 Å². The van der Waals surface area contributed by atoms with Crippen LogP contribution in [-0.4, -0.2) is 6.54 Å². The second kappa shape index (κ2) is 2.83. The average Bonchev–Trinajstić information content (AvgIpc) is 1.88. The van der Waals surface area contributed by atoms with Gasteiger partial charge in [-0.3, -0.25) is 0 Å². The van der Waals surface area contributed by atoms with E-state index in [9.17, 15) is 0 Å². The van der Waals surface area contributed by atoms with Gasteiger partial charge in [0.1, 0.15) is 0 Å². The Kier molecular flexibility index (Phi) is 2.06. The van der Waals surface area contributed by atoms with Crippen molar-refractivity contribution in [3.8, 4) is 0 Å². The number of hydrogen-bond acceptors (Lipinski definition) is 1. The summed E-state index contributed by atoms with van der Waals surface area (Å²) in [4.78, 5) is 0. The van der Waals surface area contributed by atoms with Gasteiger partial charge >= 0.3 is 0 Å². The van der Waals surface area contributed by atoms with Gasteiger partial charge in [-0.1, -0.05) is 23.3 Å². The second-order valence-electron chi connectivity index (χ2n) is 2.49. The normalized spacial score (nSPS) is 18.9. The zero-order valence-corrected chi connectivity index (χ0v) is 5.85. The monoisotopic (exact) mass is 123 g/mol. The zero-order chi connectivity index (χ0) is 6.69. The maximum atomic E-state index is 5.47. The lowest BCUT2D eigenvalue weighted by Gasteiger charge is -2.07. The fourth-order valence-corrected chi connectivity index (χ4v) is 1.10. The SMILES string of the molecule is CC1=CCCC(CN)=C1. The quantitative estimate of drug-likeness (QED) is 0.563. The lowest BCUT2D eigenvalue weighted by molar-refractivity contribution is 0.903. The third-order valence-electron chi connectivity index (χ3n) is 1.63. The van der Waals surface area contributed by atoms with Gasteiger partial charge in [0, 0.05) is 6.54 Å². The highest BCUT2D eigenvalue weighted by Gasteiger charge is 1.98. The molecule has 50 valence electrons. The van der Waals surface area contributed by atoms with Gasteiger partial charge in [0.15, 0.2) is 0 Å². The Balaban J connectivity index is 2.63. The van der Waals surface area contributed by atoms with Crippen LogP contribution in [0.2, 0.25) is 0 Å². The summed E-state index contributed by atoms with van der Waals surface area (Å²) in [6, 6.07) is 0. The molecule has 0 unspecified atom stereocenters. The number of hydrogen-bond donors (Lipinski definition) is 1. The molecule has 1 rings (SSSR count). The summed E-state index contributed by atoms with van der Waals surface area (Å²) in [6.45, 7) is 2.85. The van der Waals surface area contributed by atoms with Gasteiger partial charge in [-0.2, -0.15) is 0 Å². The van der Waals surface area contributed by atoms with Crippen LogP contribution in [0.1, 0.15) is 19.8 Å². The van der Waals surface area contributed by atoms with Crippen LogP contribution in [0, 0.1) is 0 Å². The van der Waals surface area contributed by atoms with Gasteiger partial charge < -0.3 is 5.73 Å². The molecule has 0 aromatic rings. The van der Waals surface area contributed by atoms with Crippen molar-refractivity contribution in [3.05, 3.63) is 23.3 Å². The van der Waals surface area contributed by atoms with Crippen LogP contribution in [0.25, 0.3) is 0 Å². The molecule has 1 aliphatic rings. The average molecular weight is 123 g/mol. The first-order valence-corrected chi connectivity index (χ1v) is 3.39. The number of allylic oxidation sites excluding steroid dienone is 3. The predicted octanol–water partition coefficient (Wildman–Crippen LogP) is 1.61. The second-order valence-corrected chi connectivity index (χ2v) is 2.49. The first-order chi connectivity index (χ1) is 4.33. The molecule has 0 saturated heterocycles. The molecule has 0 heterocycles. The van der Waals surface area contributed by atoms with E-state index in [-0.39, 0.29) is 0 Å². The first kappa shape index (κ1) is 6.56. The number of nitrogens with two attached hydrogens (primary N) is 1. The molecule has 0 aromatic carbocycles. The number of rotatable bonds is 1. The Morgan fingerprint density at radius 3 is 2.89 bits per heavy atom. The van der Waals surface area contributed by atoms with E-state index in [1.165, 1.54) is 17.6 Å². The highest BCUT2D eigenvalue weighted by atomic mass is 14.5. The minimum atomic E-state index is 0.727. The standard InChI is InChI=1S/C8H13N/c1-7-3-2-4-8(5-7)6-9/h3,5H,2,4,6,9H2,1H3. The molecule has 2 N–H and O–H groups in total. The van der Waals surface area contributed by atoms with E-state index in [2.05, 4.69) is 19.1 Å². The van der Waals surface area contributed by atoms with E-state index in [0.29, 0.717) is 0 Å². The minimum absolute atomic E-state index is 0.727. The van der Waals surface area contributed by atoms with E-state index in [0.717, 1.165) is 13.0 Å². The van der Waals surface area contributed by atoms with Crippen molar-refractivity contribution in [3.63, 3.8) is 0 Å². The molecule has 9 heavy (non-hydrogen) atoms. The predicted molar refractivity (Wildman–Crippen MR) is 40.1 cm³/mol. The van der Waals surface area contributed by atoms with Crippen LogP contribution < -0.4 is 5.73 Å². The Morgan fingerprint density at radius 1 is 1.67 bits per heavy atom. The Bertz CT molecular complexity index is 154. The van der Waals surface area contributed by atoms with Crippen molar-refractivity contribution in [2.45, 2.75) is 19.8 Å². The highest BCUT2D eigenvalue weighted by Crippen LogP contribution is 2.14. The van der Waals surface area contributed by atoms with Gasteiger partial charge in [-0.25, -0.2) is 0 Å². The van der Waals surface area contributed by atoms with Crippen LogP contribution >= 0.6 is 0 Å². The van der Waals surface area contributed by atoms with Crippen molar-refractivity contribution in [1.29, 1.82) is 0 Å². The van der Waals surface area contributed by atoms with Gasteiger partial charge in [-0.05, 0) is 19.8 Å². The lowest BCUT2D eigenvalue weighted by Crippen LogP contribution is -2.04. The maximum Gasteiger partial charge on any atom is 0.0140 e. The molecule has 0 atom stereocenters. The minimum Gasteiger partial charge on any atom is -0.327 e. The molecular formula is C8H13N.